The summed E-state index contributed by atoms with van der Waals surface area (Å²) >= 11 is 0. The van der Waals surface area contributed by atoms with Gasteiger partial charge in [-0.3, -0.25) is 4.79 Å². The van der Waals surface area contributed by atoms with Crippen molar-refractivity contribution in [3.63, 3.8) is 0 Å². The third-order valence-electron chi connectivity index (χ3n) is 1.83. The van der Waals surface area contributed by atoms with Crippen LogP contribution in [0.25, 0.3) is 0 Å². The van der Waals surface area contributed by atoms with Crippen LogP contribution >= 0.6 is 0 Å². The molecule has 0 saturated carbocycles. The Morgan fingerprint density at radius 2 is 2.36 bits per heavy atom. The average Bonchev–Trinajstić information content (AvgIpc) is 2.34. The van der Waals surface area contributed by atoms with Crippen molar-refractivity contribution in [3.05, 3.63) is 0 Å². The van der Waals surface area contributed by atoms with Gasteiger partial charge in [-0.1, -0.05) is 0 Å². The van der Waals surface area contributed by atoms with Gasteiger partial charge in [0.25, 0.3) is 5.91 Å². The fourth-order valence-corrected chi connectivity index (χ4v) is 1.21. The Kier molecular flexibility index (Phi) is 2.46. The van der Waals surface area contributed by atoms with E-state index in [4.69, 9.17) is 10.2 Å². The predicted octanol–water partition coefficient (Wildman–Crippen LogP) is -1.04. The number of aliphatic hydroxyl groups is 2. The molecule has 1 heterocycles. The number of carbonyl (C=O) groups excluding carboxylic acids is 1. The maximum absolute atomic E-state index is 11.1. The molecule has 4 nitrogen and oxygen atoms in total. The fourth-order valence-electron chi connectivity index (χ4n) is 1.21. The minimum atomic E-state index is -0.944. The molecule has 0 aromatic carbocycles. The highest BCUT2D eigenvalue weighted by atomic mass is 16.3. The Labute approximate surface area is 65.4 Å². The second kappa shape index (κ2) is 3.19. The summed E-state index contributed by atoms with van der Waals surface area (Å²) in [4.78, 5) is 12.5. The van der Waals surface area contributed by atoms with E-state index in [1.807, 2.05) is 0 Å². The summed E-state index contributed by atoms with van der Waals surface area (Å²) in [5, 5.41) is 17.9. The zero-order valence-corrected chi connectivity index (χ0v) is 6.53. The lowest BCUT2D eigenvalue weighted by Gasteiger charge is -2.16. The summed E-state index contributed by atoms with van der Waals surface area (Å²) in [7, 11) is 0. The van der Waals surface area contributed by atoms with Gasteiger partial charge < -0.3 is 15.1 Å². The monoisotopic (exact) mass is 159 g/mol. The Bertz CT molecular complexity index is 158. The predicted molar refractivity (Wildman–Crippen MR) is 38.9 cm³/mol. The topological polar surface area (TPSA) is 60.8 Å². The maximum atomic E-state index is 11.1. The summed E-state index contributed by atoms with van der Waals surface area (Å²) < 4.78 is 0. The number of hydrogen-bond acceptors (Lipinski definition) is 3. The molecule has 11 heavy (non-hydrogen) atoms. The van der Waals surface area contributed by atoms with Gasteiger partial charge >= 0.3 is 0 Å². The van der Waals surface area contributed by atoms with Crippen LogP contribution in [-0.2, 0) is 4.79 Å². The first-order valence-corrected chi connectivity index (χ1v) is 3.76. The molecule has 64 valence electrons. The van der Waals surface area contributed by atoms with E-state index < -0.39 is 12.2 Å². The van der Waals surface area contributed by atoms with Gasteiger partial charge in [0.1, 0.15) is 6.10 Å². The van der Waals surface area contributed by atoms with E-state index >= 15 is 0 Å². The van der Waals surface area contributed by atoms with Crippen LogP contribution in [-0.4, -0.2) is 46.3 Å². The zero-order chi connectivity index (χ0) is 8.43. The van der Waals surface area contributed by atoms with Crippen LogP contribution in [0.4, 0.5) is 0 Å². The largest absolute Gasteiger partial charge is 0.391 e. The van der Waals surface area contributed by atoms with Crippen molar-refractivity contribution >= 4 is 5.91 Å². The summed E-state index contributed by atoms with van der Waals surface area (Å²) in [6.07, 6.45) is -0.726. The molecule has 0 radical (unpaired) electrons. The molecular weight excluding hydrogens is 146 g/mol. The number of likely N-dealkylation sites (tertiary alicyclic amines) is 1. The van der Waals surface area contributed by atoms with E-state index in [2.05, 4.69) is 0 Å². The first-order chi connectivity index (χ1) is 5.11. The van der Waals surface area contributed by atoms with Crippen LogP contribution in [0.1, 0.15) is 13.3 Å². The molecule has 0 aromatic heterocycles. The molecule has 0 aliphatic carbocycles. The van der Waals surface area contributed by atoms with Gasteiger partial charge in [-0.25, -0.2) is 0 Å². The number of carbonyl (C=O) groups is 1. The first kappa shape index (κ1) is 8.49. The van der Waals surface area contributed by atoms with Gasteiger partial charge in [0, 0.05) is 13.1 Å². The molecule has 1 unspecified atom stereocenters. The number of aliphatic hydroxyl groups excluding tert-OH is 2. The highest BCUT2D eigenvalue weighted by Gasteiger charge is 2.26. The van der Waals surface area contributed by atoms with E-state index in [1.54, 1.807) is 0 Å². The average molecular weight is 159 g/mol. The number of hydrogen-bond donors (Lipinski definition) is 2. The molecule has 0 spiro atoms. The van der Waals surface area contributed by atoms with Crippen molar-refractivity contribution in [2.24, 2.45) is 0 Å². The minimum absolute atomic E-state index is 0.290. The van der Waals surface area contributed by atoms with E-state index in [-0.39, 0.29) is 5.91 Å². The second-order valence-electron chi connectivity index (χ2n) is 2.90. The van der Waals surface area contributed by atoms with Crippen molar-refractivity contribution in [1.29, 1.82) is 0 Å². The number of amides is 1. The normalized spacial score (nSPS) is 27.2. The van der Waals surface area contributed by atoms with E-state index in [1.165, 1.54) is 11.8 Å². The highest BCUT2D eigenvalue weighted by Crippen LogP contribution is 2.09. The SMILES string of the molecule is C[C@H](O)C(=O)N1CCC(O)C1. The number of β-amino-alcohol motifs (C(OH)–C–C–N with tert-alkyl or cyclic N) is 1. The molecular formula is C7H13NO3. The smallest absolute Gasteiger partial charge is 0.251 e. The highest BCUT2D eigenvalue weighted by molar-refractivity contribution is 5.80. The van der Waals surface area contributed by atoms with Gasteiger partial charge in [-0.15, -0.1) is 0 Å². The van der Waals surface area contributed by atoms with Crippen LogP contribution in [0.2, 0.25) is 0 Å². The van der Waals surface area contributed by atoms with Crippen molar-refractivity contribution in [3.8, 4) is 0 Å². The second-order valence-corrected chi connectivity index (χ2v) is 2.90. The van der Waals surface area contributed by atoms with E-state index in [0.29, 0.717) is 19.5 Å². The fraction of sp³-hybridized carbons (Fsp3) is 0.857. The molecule has 1 amide bonds. The molecule has 1 saturated heterocycles. The quantitative estimate of drug-likeness (QED) is 0.514. The molecule has 1 fully saturated rings. The molecule has 0 bridgehead atoms. The molecule has 2 N–H and O–H groups in total. The maximum Gasteiger partial charge on any atom is 0.251 e. The third-order valence-corrected chi connectivity index (χ3v) is 1.83. The minimum Gasteiger partial charge on any atom is -0.391 e. The Morgan fingerprint density at radius 1 is 1.73 bits per heavy atom. The molecule has 1 rings (SSSR count). The standard InChI is InChI=1S/C7H13NO3/c1-5(9)7(11)8-3-2-6(10)4-8/h5-6,9-10H,2-4H2,1H3/t5-,6?/m0/s1. The third kappa shape index (κ3) is 1.91. The Hall–Kier alpha value is -0.610. The van der Waals surface area contributed by atoms with Crippen molar-refractivity contribution in [1.82, 2.24) is 4.90 Å². The lowest BCUT2D eigenvalue weighted by Crippen LogP contribution is -2.36. The molecule has 4 heteroatoms. The Balaban J connectivity index is 2.43. The summed E-state index contributed by atoms with van der Waals surface area (Å²) in [5.41, 5.74) is 0. The number of nitrogens with zero attached hydrogens (tertiary/aromatic N) is 1. The first-order valence-electron chi connectivity index (χ1n) is 3.76. The van der Waals surface area contributed by atoms with Crippen LogP contribution in [0.5, 0.6) is 0 Å². The van der Waals surface area contributed by atoms with Crippen molar-refractivity contribution in [2.75, 3.05) is 13.1 Å². The van der Waals surface area contributed by atoms with Crippen LogP contribution in [0.15, 0.2) is 0 Å². The van der Waals surface area contributed by atoms with Gasteiger partial charge in [-0.2, -0.15) is 0 Å². The van der Waals surface area contributed by atoms with Gasteiger partial charge in [0.15, 0.2) is 0 Å². The lowest BCUT2D eigenvalue weighted by atomic mass is 10.3. The molecule has 0 aromatic rings. The molecule has 1 aliphatic rings. The van der Waals surface area contributed by atoms with Gasteiger partial charge in [-0.05, 0) is 13.3 Å². The van der Waals surface area contributed by atoms with Crippen LogP contribution in [0, 0.1) is 0 Å². The van der Waals surface area contributed by atoms with E-state index in [9.17, 15) is 4.79 Å². The van der Waals surface area contributed by atoms with Crippen LogP contribution in [0.3, 0.4) is 0 Å². The summed E-state index contributed by atoms with van der Waals surface area (Å²) in [6.45, 7) is 2.36. The van der Waals surface area contributed by atoms with E-state index in [0.717, 1.165) is 0 Å². The lowest BCUT2D eigenvalue weighted by molar-refractivity contribution is -0.138. The van der Waals surface area contributed by atoms with Crippen LogP contribution < -0.4 is 0 Å². The summed E-state index contributed by atoms with van der Waals surface area (Å²) in [5.74, 6) is -0.290. The summed E-state index contributed by atoms with van der Waals surface area (Å²) in [6, 6.07) is 0. The molecule has 2 atom stereocenters. The number of rotatable bonds is 1. The zero-order valence-electron chi connectivity index (χ0n) is 6.53. The van der Waals surface area contributed by atoms with Gasteiger partial charge in [0.05, 0.1) is 6.10 Å². The molecule has 1 aliphatic heterocycles. The van der Waals surface area contributed by atoms with Crippen molar-refractivity contribution in [2.45, 2.75) is 25.6 Å². The van der Waals surface area contributed by atoms with Gasteiger partial charge in [0.2, 0.25) is 0 Å². The Morgan fingerprint density at radius 3 is 2.73 bits per heavy atom. The van der Waals surface area contributed by atoms with Crippen molar-refractivity contribution < 1.29 is 15.0 Å².